The summed E-state index contributed by atoms with van der Waals surface area (Å²) in [6.07, 6.45) is 2.77. The van der Waals surface area contributed by atoms with Gasteiger partial charge < -0.3 is 5.11 Å². The molecule has 0 aliphatic heterocycles. The highest BCUT2D eigenvalue weighted by molar-refractivity contribution is 4.80. The number of aliphatic hydroxyl groups excluding tert-OH is 1. The second-order valence-electron chi connectivity index (χ2n) is 3.77. The molecule has 0 heterocycles. The fraction of sp³-hybridized carbons (Fsp3) is 0.778. The van der Waals surface area contributed by atoms with Gasteiger partial charge in [-0.15, -0.1) is 6.58 Å². The maximum atomic E-state index is 8.94. The summed E-state index contributed by atoms with van der Waals surface area (Å²) in [5.74, 6) is 0.352. The molecule has 60 valence electrons. The van der Waals surface area contributed by atoms with Gasteiger partial charge in [-0.25, -0.2) is 0 Å². The molecule has 0 rings (SSSR count). The Labute approximate surface area is 63.8 Å². The molecule has 0 fully saturated rings. The second-order valence-corrected chi connectivity index (χ2v) is 3.77. The van der Waals surface area contributed by atoms with E-state index in [1.165, 1.54) is 0 Å². The summed E-state index contributed by atoms with van der Waals surface area (Å²) < 4.78 is 0. The highest BCUT2D eigenvalue weighted by Gasteiger charge is 2.21. The molecule has 0 bridgehead atoms. The number of hydrogen-bond acceptors (Lipinski definition) is 1. The van der Waals surface area contributed by atoms with E-state index in [4.69, 9.17) is 5.11 Å². The van der Waals surface area contributed by atoms with E-state index in [9.17, 15) is 0 Å². The van der Waals surface area contributed by atoms with Gasteiger partial charge in [0, 0.05) is 6.61 Å². The van der Waals surface area contributed by atoms with Gasteiger partial charge in [0.25, 0.3) is 0 Å². The molecule has 1 atom stereocenters. The van der Waals surface area contributed by atoms with Crippen LogP contribution in [0.4, 0.5) is 0 Å². The van der Waals surface area contributed by atoms with Gasteiger partial charge >= 0.3 is 0 Å². The third kappa shape index (κ3) is 3.02. The van der Waals surface area contributed by atoms with Gasteiger partial charge in [0.1, 0.15) is 0 Å². The van der Waals surface area contributed by atoms with E-state index in [1.54, 1.807) is 0 Å². The average Bonchev–Trinajstić information content (AvgIpc) is 1.80. The van der Waals surface area contributed by atoms with Crippen molar-refractivity contribution in [1.82, 2.24) is 0 Å². The summed E-state index contributed by atoms with van der Waals surface area (Å²) in [4.78, 5) is 0. The minimum absolute atomic E-state index is 0.197. The summed E-state index contributed by atoms with van der Waals surface area (Å²) in [6, 6.07) is 0. The molecule has 10 heavy (non-hydrogen) atoms. The minimum atomic E-state index is 0.197. The summed E-state index contributed by atoms with van der Waals surface area (Å²) in [6.45, 7) is 10.3. The molecule has 0 aromatic carbocycles. The number of rotatable bonds is 3. The van der Waals surface area contributed by atoms with Crippen molar-refractivity contribution in [2.75, 3.05) is 6.61 Å². The lowest BCUT2D eigenvalue weighted by molar-refractivity contribution is 0.133. The van der Waals surface area contributed by atoms with Crippen molar-refractivity contribution in [2.45, 2.75) is 27.2 Å². The van der Waals surface area contributed by atoms with E-state index >= 15 is 0 Å². The summed E-state index contributed by atoms with van der Waals surface area (Å²) in [7, 11) is 0. The van der Waals surface area contributed by atoms with Gasteiger partial charge in [0.2, 0.25) is 0 Å². The molecule has 0 spiro atoms. The van der Waals surface area contributed by atoms with Crippen molar-refractivity contribution in [2.24, 2.45) is 11.3 Å². The first-order chi connectivity index (χ1) is 4.52. The Bertz CT molecular complexity index is 99.8. The third-order valence-electron chi connectivity index (χ3n) is 1.90. The van der Waals surface area contributed by atoms with E-state index in [-0.39, 0.29) is 12.0 Å². The summed E-state index contributed by atoms with van der Waals surface area (Å²) in [5, 5.41) is 8.94. The van der Waals surface area contributed by atoms with Crippen molar-refractivity contribution in [3.8, 4) is 0 Å². The predicted molar refractivity (Wildman–Crippen MR) is 44.8 cm³/mol. The van der Waals surface area contributed by atoms with Crippen molar-refractivity contribution in [3.63, 3.8) is 0 Å². The standard InChI is InChI=1S/C9H18O/c1-5-6-8(7-10)9(2,3)4/h5,8,10H,1,6-7H2,2-4H3. The van der Waals surface area contributed by atoms with Crippen LogP contribution in [0.15, 0.2) is 12.7 Å². The first kappa shape index (κ1) is 9.70. The lowest BCUT2D eigenvalue weighted by Crippen LogP contribution is -2.23. The number of aliphatic hydroxyl groups is 1. The Hall–Kier alpha value is -0.300. The average molecular weight is 142 g/mol. The van der Waals surface area contributed by atoms with Gasteiger partial charge in [-0.3, -0.25) is 0 Å². The quantitative estimate of drug-likeness (QED) is 0.599. The molecule has 0 saturated carbocycles. The maximum Gasteiger partial charge on any atom is 0.0467 e. The summed E-state index contributed by atoms with van der Waals surface area (Å²) in [5.41, 5.74) is 0.197. The number of allylic oxidation sites excluding steroid dienone is 1. The molecule has 1 unspecified atom stereocenters. The largest absolute Gasteiger partial charge is 0.396 e. The highest BCUT2D eigenvalue weighted by Crippen LogP contribution is 2.27. The van der Waals surface area contributed by atoms with Gasteiger partial charge in [-0.2, -0.15) is 0 Å². The van der Waals surface area contributed by atoms with Crippen molar-refractivity contribution in [1.29, 1.82) is 0 Å². The topological polar surface area (TPSA) is 20.2 Å². The smallest absolute Gasteiger partial charge is 0.0467 e. The van der Waals surface area contributed by atoms with E-state index in [0.29, 0.717) is 5.92 Å². The van der Waals surface area contributed by atoms with Crippen LogP contribution in [-0.2, 0) is 0 Å². The second kappa shape index (κ2) is 3.77. The zero-order valence-electron chi connectivity index (χ0n) is 7.22. The van der Waals surface area contributed by atoms with Gasteiger partial charge in [0.15, 0.2) is 0 Å². The Morgan fingerprint density at radius 2 is 2.00 bits per heavy atom. The Morgan fingerprint density at radius 3 is 2.10 bits per heavy atom. The molecule has 0 amide bonds. The summed E-state index contributed by atoms with van der Waals surface area (Å²) >= 11 is 0. The minimum Gasteiger partial charge on any atom is -0.396 e. The Kier molecular flexibility index (Phi) is 3.66. The zero-order valence-corrected chi connectivity index (χ0v) is 7.22. The van der Waals surface area contributed by atoms with Crippen molar-refractivity contribution in [3.05, 3.63) is 12.7 Å². The van der Waals surface area contributed by atoms with Crippen LogP contribution in [-0.4, -0.2) is 11.7 Å². The van der Waals surface area contributed by atoms with Crippen LogP contribution >= 0.6 is 0 Å². The molecule has 0 aliphatic rings. The first-order valence-corrected chi connectivity index (χ1v) is 3.74. The van der Waals surface area contributed by atoms with Crippen LogP contribution in [0.25, 0.3) is 0 Å². The molecule has 0 aliphatic carbocycles. The monoisotopic (exact) mass is 142 g/mol. The molecule has 1 heteroatoms. The highest BCUT2D eigenvalue weighted by atomic mass is 16.3. The normalized spacial score (nSPS) is 14.8. The van der Waals surface area contributed by atoms with E-state index < -0.39 is 0 Å². The first-order valence-electron chi connectivity index (χ1n) is 3.74. The lowest BCUT2D eigenvalue weighted by Gasteiger charge is -2.27. The van der Waals surface area contributed by atoms with E-state index in [0.717, 1.165) is 6.42 Å². The number of hydrogen-bond donors (Lipinski definition) is 1. The molecular weight excluding hydrogens is 124 g/mol. The van der Waals surface area contributed by atoms with E-state index in [2.05, 4.69) is 27.4 Å². The third-order valence-corrected chi connectivity index (χ3v) is 1.90. The SMILES string of the molecule is C=CCC(CO)C(C)(C)C. The van der Waals surface area contributed by atoms with Crippen LogP contribution in [0.2, 0.25) is 0 Å². The molecular formula is C9H18O. The van der Waals surface area contributed by atoms with Crippen LogP contribution < -0.4 is 0 Å². The fourth-order valence-corrected chi connectivity index (χ4v) is 0.903. The van der Waals surface area contributed by atoms with E-state index in [1.807, 2.05) is 6.08 Å². The van der Waals surface area contributed by atoms with Gasteiger partial charge in [0.05, 0.1) is 0 Å². The molecule has 0 aromatic rings. The Balaban J connectivity index is 3.92. The van der Waals surface area contributed by atoms with Crippen LogP contribution in [0.3, 0.4) is 0 Å². The van der Waals surface area contributed by atoms with Crippen LogP contribution in [0, 0.1) is 11.3 Å². The Morgan fingerprint density at radius 1 is 1.50 bits per heavy atom. The molecule has 1 nitrogen and oxygen atoms in total. The van der Waals surface area contributed by atoms with Gasteiger partial charge in [-0.05, 0) is 17.8 Å². The lowest BCUT2D eigenvalue weighted by atomic mass is 9.79. The fourth-order valence-electron chi connectivity index (χ4n) is 0.903. The molecule has 0 aromatic heterocycles. The molecule has 0 saturated heterocycles. The maximum absolute atomic E-state index is 8.94. The predicted octanol–water partition coefficient (Wildman–Crippen LogP) is 2.22. The van der Waals surface area contributed by atoms with Crippen LogP contribution in [0.5, 0.6) is 0 Å². The van der Waals surface area contributed by atoms with Crippen LogP contribution in [0.1, 0.15) is 27.2 Å². The van der Waals surface area contributed by atoms with Crippen molar-refractivity contribution >= 4 is 0 Å². The molecule has 1 N–H and O–H groups in total. The van der Waals surface area contributed by atoms with Crippen molar-refractivity contribution < 1.29 is 5.11 Å². The van der Waals surface area contributed by atoms with Gasteiger partial charge in [-0.1, -0.05) is 26.8 Å². The molecule has 0 radical (unpaired) electrons. The zero-order chi connectivity index (χ0) is 8.20.